The number of ether oxygens (including phenoxy) is 1. The molecule has 4 unspecified atom stereocenters. The maximum Gasteiger partial charge on any atom is 0.233 e. The molecule has 3 fully saturated rings. The molecule has 30 heavy (non-hydrogen) atoms. The molecule has 1 heterocycles. The van der Waals surface area contributed by atoms with Crippen LogP contribution in [0.4, 0.5) is 0 Å². The van der Waals surface area contributed by atoms with Gasteiger partial charge >= 0.3 is 0 Å². The van der Waals surface area contributed by atoms with Crippen LogP contribution >= 0.6 is 0 Å². The smallest absolute Gasteiger partial charge is 0.233 e. The SMILES string of the molecule is CCNC(=NCCCN1C(=O)C2C3C=CC(C3)C2C1=O)NCCCOC1CCCC1. The second-order valence-corrected chi connectivity index (χ2v) is 9.00. The lowest BCUT2D eigenvalue weighted by molar-refractivity contribution is -0.140. The minimum atomic E-state index is -0.0959. The van der Waals surface area contributed by atoms with Crippen LogP contribution < -0.4 is 10.6 Å². The van der Waals surface area contributed by atoms with Crippen molar-refractivity contribution >= 4 is 17.8 Å². The van der Waals surface area contributed by atoms with Crippen molar-refractivity contribution in [1.29, 1.82) is 0 Å². The molecular weight excluding hydrogens is 380 g/mol. The third-order valence-corrected chi connectivity index (χ3v) is 6.98. The van der Waals surface area contributed by atoms with E-state index in [0.29, 0.717) is 25.6 Å². The monoisotopic (exact) mass is 416 g/mol. The molecule has 2 amide bonds. The number of imide groups is 1. The van der Waals surface area contributed by atoms with Crippen molar-refractivity contribution in [3.8, 4) is 0 Å². The van der Waals surface area contributed by atoms with E-state index in [4.69, 9.17) is 4.74 Å². The molecular formula is C23H36N4O3. The first-order valence-electron chi connectivity index (χ1n) is 11.9. The van der Waals surface area contributed by atoms with E-state index in [1.54, 1.807) is 0 Å². The zero-order chi connectivity index (χ0) is 20.9. The van der Waals surface area contributed by atoms with Crippen LogP contribution in [0.15, 0.2) is 17.1 Å². The molecule has 0 radical (unpaired) electrons. The Morgan fingerprint density at radius 1 is 1.10 bits per heavy atom. The van der Waals surface area contributed by atoms with Gasteiger partial charge in [0.05, 0.1) is 17.9 Å². The Balaban J connectivity index is 1.16. The second kappa shape index (κ2) is 9.94. The largest absolute Gasteiger partial charge is 0.378 e. The van der Waals surface area contributed by atoms with Crippen LogP contribution in [0, 0.1) is 23.7 Å². The molecule has 0 aromatic carbocycles. The number of guanidine groups is 1. The molecule has 4 rings (SSSR count). The summed E-state index contributed by atoms with van der Waals surface area (Å²) in [7, 11) is 0. The lowest BCUT2D eigenvalue weighted by Crippen LogP contribution is -2.38. The van der Waals surface area contributed by atoms with Gasteiger partial charge < -0.3 is 15.4 Å². The van der Waals surface area contributed by atoms with E-state index in [-0.39, 0.29) is 35.5 Å². The molecule has 7 nitrogen and oxygen atoms in total. The van der Waals surface area contributed by atoms with E-state index in [0.717, 1.165) is 38.5 Å². The minimum Gasteiger partial charge on any atom is -0.378 e. The summed E-state index contributed by atoms with van der Waals surface area (Å²) in [6.07, 6.45) is 12.4. The molecule has 4 atom stereocenters. The van der Waals surface area contributed by atoms with Crippen molar-refractivity contribution in [2.75, 3.05) is 32.8 Å². The Bertz CT molecular complexity index is 656. The summed E-state index contributed by atoms with van der Waals surface area (Å²) in [6.45, 7) is 5.51. The first-order chi connectivity index (χ1) is 14.7. The number of allylic oxidation sites excluding steroid dienone is 2. The predicted molar refractivity (Wildman–Crippen MR) is 116 cm³/mol. The minimum absolute atomic E-state index is 0.0399. The molecule has 2 bridgehead atoms. The molecule has 166 valence electrons. The number of fused-ring (bicyclic) bond motifs is 5. The average molecular weight is 417 g/mol. The molecule has 2 saturated carbocycles. The molecule has 2 N–H and O–H groups in total. The molecule has 7 heteroatoms. The van der Waals surface area contributed by atoms with E-state index in [1.165, 1.54) is 30.6 Å². The van der Waals surface area contributed by atoms with Gasteiger partial charge in [-0.25, -0.2) is 0 Å². The topological polar surface area (TPSA) is 83.0 Å². The molecule has 3 aliphatic carbocycles. The van der Waals surface area contributed by atoms with Crippen LogP contribution in [-0.2, 0) is 14.3 Å². The number of rotatable bonds is 10. The van der Waals surface area contributed by atoms with Gasteiger partial charge in [-0.2, -0.15) is 0 Å². The van der Waals surface area contributed by atoms with Crippen molar-refractivity contribution < 1.29 is 14.3 Å². The summed E-state index contributed by atoms with van der Waals surface area (Å²) < 4.78 is 5.90. The number of hydrogen-bond acceptors (Lipinski definition) is 4. The summed E-state index contributed by atoms with van der Waals surface area (Å²) in [5.74, 6) is 1.24. The van der Waals surface area contributed by atoms with E-state index in [2.05, 4.69) is 27.8 Å². The van der Waals surface area contributed by atoms with Gasteiger partial charge in [-0.05, 0) is 50.9 Å². The van der Waals surface area contributed by atoms with Gasteiger partial charge in [-0.15, -0.1) is 0 Å². The lowest BCUT2D eigenvalue weighted by atomic mass is 9.85. The van der Waals surface area contributed by atoms with Crippen LogP contribution in [0.3, 0.4) is 0 Å². The summed E-state index contributed by atoms with van der Waals surface area (Å²) in [4.78, 5) is 31.5. The predicted octanol–water partition coefficient (Wildman–Crippen LogP) is 2.09. The van der Waals surface area contributed by atoms with Gasteiger partial charge in [0.15, 0.2) is 5.96 Å². The highest BCUT2D eigenvalue weighted by molar-refractivity contribution is 6.06. The van der Waals surface area contributed by atoms with Gasteiger partial charge in [0.1, 0.15) is 0 Å². The highest BCUT2D eigenvalue weighted by Crippen LogP contribution is 2.52. The maximum absolute atomic E-state index is 12.7. The van der Waals surface area contributed by atoms with Crippen molar-refractivity contribution in [2.45, 2.75) is 58.0 Å². The Morgan fingerprint density at radius 3 is 2.47 bits per heavy atom. The second-order valence-electron chi connectivity index (χ2n) is 9.00. The fourth-order valence-electron chi connectivity index (χ4n) is 5.53. The van der Waals surface area contributed by atoms with Crippen molar-refractivity contribution in [2.24, 2.45) is 28.7 Å². The number of amides is 2. The number of carbonyl (C=O) groups is 2. The highest BCUT2D eigenvalue weighted by Gasteiger charge is 2.58. The molecule has 1 aliphatic heterocycles. The lowest BCUT2D eigenvalue weighted by Gasteiger charge is -2.17. The Morgan fingerprint density at radius 2 is 1.80 bits per heavy atom. The van der Waals surface area contributed by atoms with Crippen molar-refractivity contribution in [1.82, 2.24) is 15.5 Å². The van der Waals surface area contributed by atoms with E-state index in [9.17, 15) is 9.59 Å². The highest BCUT2D eigenvalue weighted by atomic mass is 16.5. The number of likely N-dealkylation sites (tertiary alicyclic amines) is 1. The summed E-state index contributed by atoms with van der Waals surface area (Å²) in [5, 5.41) is 6.60. The number of aliphatic imine (C=N–C) groups is 1. The first kappa shape index (κ1) is 21.3. The third kappa shape index (κ3) is 4.56. The molecule has 4 aliphatic rings. The zero-order valence-electron chi connectivity index (χ0n) is 18.1. The van der Waals surface area contributed by atoms with Crippen LogP contribution in [0.5, 0.6) is 0 Å². The number of nitrogens with one attached hydrogen (secondary N) is 2. The van der Waals surface area contributed by atoms with Crippen molar-refractivity contribution in [3.63, 3.8) is 0 Å². The fourth-order valence-corrected chi connectivity index (χ4v) is 5.53. The molecule has 1 saturated heterocycles. The quantitative estimate of drug-likeness (QED) is 0.187. The third-order valence-electron chi connectivity index (χ3n) is 6.98. The summed E-state index contributed by atoms with van der Waals surface area (Å²) in [5.41, 5.74) is 0. The standard InChI is InChI=1S/C23H36N4O3/c1-2-24-23(26-12-6-14-30-18-7-3-4-8-18)25-11-5-13-27-21(28)19-16-9-10-17(15-16)20(19)22(27)29/h9-10,16-20H,2-8,11-15H2,1H3,(H2,24,25,26). The van der Waals surface area contributed by atoms with Crippen LogP contribution in [-0.4, -0.2) is 61.6 Å². The number of hydrogen-bond donors (Lipinski definition) is 2. The Hall–Kier alpha value is -1.89. The first-order valence-corrected chi connectivity index (χ1v) is 11.9. The molecule has 0 spiro atoms. The number of nitrogens with zero attached hydrogens (tertiary/aromatic N) is 2. The molecule has 0 aromatic heterocycles. The normalized spacial score (nSPS) is 30.6. The van der Waals surface area contributed by atoms with E-state index in [1.807, 2.05) is 6.92 Å². The summed E-state index contributed by atoms with van der Waals surface area (Å²) >= 11 is 0. The van der Waals surface area contributed by atoms with Gasteiger partial charge in [-0.3, -0.25) is 19.5 Å². The zero-order valence-corrected chi connectivity index (χ0v) is 18.1. The van der Waals surface area contributed by atoms with Crippen LogP contribution in [0.1, 0.15) is 51.9 Å². The Labute approximate surface area is 179 Å². The average Bonchev–Trinajstić information content (AvgIpc) is 3.52. The van der Waals surface area contributed by atoms with Gasteiger partial charge in [-0.1, -0.05) is 25.0 Å². The van der Waals surface area contributed by atoms with Crippen LogP contribution in [0.25, 0.3) is 0 Å². The van der Waals surface area contributed by atoms with Gasteiger partial charge in [0, 0.05) is 32.8 Å². The summed E-state index contributed by atoms with van der Waals surface area (Å²) in [6, 6.07) is 0. The fraction of sp³-hybridized carbons (Fsp3) is 0.783. The maximum atomic E-state index is 12.7. The van der Waals surface area contributed by atoms with Crippen LogP contribution in [0.2, 0.25) is 0 Å². The van der Waals surface area contributed by atoms with Crippen molar-refractivity contribution in [3.05, 3.63) is 12.2 Å². The van der Waals surface area contributed by atoms with E-state index < -0.39 is 0 Å². The van der Waals surface area contributed by atoms with Gasteiger partial charge in [0.25, 0.3) is 0 Å². The van der Waals surface area contributed by atoms with E-state index >= 15 is 0 Å². The molecule has 0 aromatic rings. The Kier molecular flexibility index (Phi) is 7.08. The number of carbonyl (C=O) groups excluding carboxylic acids is 2. The van der Waals surface area contributed by atoms with Gasteiger partial charge in [0.2, 0.25) is 11.8 Å².